The summed E-state index contributed by atoms with van der Waals surface area (Å²) in [4.78, 5) is 14.1. The van der Waals surface area contributed by atoms with Crippen molar-refractivity contribution >= 4 is 5.91 Å². The van der Waals surface area contributed by atoms with E-state index in [1.165, 1.54) is 0 Å². The number of aromatic nitrogens is 1. The van der Waals surface area contributed by atoms with Crippen LogP contribution in [0.3, 0.4) is 0 Å². The smallest absolute Gasteiger partial charge is 0.276 e. The van der Waals surface area contributed by atoms with Crippen LogP contribution in [0.25, 0.3) is 0 Å². The molecule has 6 nitrogen and oxygen atoms in total. The van der Waals surface area contributed by atoms with E-state index in [-0.39, 0.29) is 23.5 Å². The van der Waals surface area contributed by atoms with Gasteiger partial charge in [-0.05, 0) is 26.7 Å². The second-order valence-corrected chi connectivity index (χ2v) is 6.04. The number of amides is 1. The van der Waals surface area contributed by atoms with Crippen LogP contribution in [0.1, 0.15) is 42.4 Å². The summed E-state index contributed by atoms with van der Waals surface area (Å²) in [6, 6.07) is 1.66. The van der Waals surface area contributed by atoms with Crippen LogP contribution >= 0.6 is 0 Å². The van der Waals surface area contributed by atoms with Crippen LogP contribution in [0.15, 0.2) is 10.6 Å². The number of carbonyl (C=O) groups excluding carboxylic acids is 1. The molecular weight excluding hydrogens is 272 g/mol. The molecule has 3 rings (SSSR count). The molecule has 1 N–H and O–H groups in total. The number of likely N-dealkylation sites (tertiary alicyclic amines) is 1. The Morgan fingerprint density at radius 3 is 2.81 bits per heavy atom. The van der Waals surface area contributed by atoms with Crippen molar-refractivity contribution in [3.63, 3.8) is 0 Å². The van der Waals surface area contributed by atoms with Gasteiger partial charge in [-0.15, -0.1) is 0 Å². The summed E-state index contributed by atoms with van der Waals surface area (Å²) in [5.74, 6) is 0.543. The number of hydrogen-bond acceptors (Lipinski definition) is 5. The highest BCUT2D eigenvalue weighted by Crippen LogP contribution is 2.51. The van der Waals surface area contributed by atoms with E-state index >= 15 is 0 Å². The molecule has 1 amide bonds. The van der Waals surface area contributed by atoms with Crippen LogP contribution in [-0.4, -0.2) is 53.0 Å². The lowest BCUT2D eigenvalue weighted by atomic mass is 9.58. The number of aliphatic hydroxyl groups excluding tert-OH is 1. The molecule has 1 saturated carbocycles. The van der Waals surface area contributed by atoms with E-state index in [1.807, 2.05) is 6.92 Å². The first-order chi connectivity index (χ1) is 10.1. The van der Waals surface area contributed by atoms with E-state index in [9.17, 15) is 9.90 Å². The number of rotatable bonds is 3. The summed E-state index contributed by atoms with van der Waals surface area (Å²) in [6.45, 7) is 5.67. The van der Waals surface area contributed by atoms with E-state index in [0.29, 0.717) is 37.6 Å². The molecule has 1 aliphatic heterocycles. The summed E-state index contributed by atoms with van der Waals surface area (Å²) < 4.78 is 10.7. The maximum Gasteiger partial charge on any atom is 0.276 e. The molecule has 2 atom stereocenters. The largest absolute Gasteiger partial charge is 0.392 e. The number of piperidine rings is 1. The summed E-state index contributed by atoms with van der Waals surface area (Å²) in [5, 5.41) is 13.9. The van der Waals surface area contributed by atoms with Crippen LogP contribution in [0.5, 0.6) is 0 Å². The van der Waals surface area contributed by atoms with Crippen molar-refractivity contribution in [2.24, 2.45) is 5.41 Å². The molecule has 116 valence electrons. The second-order valence-electron chi connectivity index (χ2n) is 6.04. The zero-order valence-corrected chi connectivity index (χ0v) is 12.5. The number of aliphatic hydroxyl groups is 1. The van der Waals surface area contributed by atoms with Crippen molar-refractivity contribution in [2.45, 2.75) is 45.3 Å². The fourth-order valence-corrected chi connectivity index (χ4v) is 3.57. The van der Waals surface area contributed by atoms with Gasteiger partial charge >= 0.3 is 0 Å². The summed E-state index contributed by atoms with van der Waals surface area (Å²) in [7, 11) is 0. The van der Waals surface area contributed by atoms with Crippen molar-refractivity contribution in [2.75, 3.05) is 19.7 Å². The minimum absolute atomic E-state index is 0.0940. The average Bonchev–Trinajstić information content (AvgIpc) is 2.93. The fraction of sp³-hybridized carbons (Fsp3) is 0.733. The van der Waals surface area contributed by atoms with Crippen molar-refractivity contribution in [3.05, 3.63) is 17.5 Å². The first-order valence-corrected chi connectivity index (χ1v) is 7.59. The fourth-order valence-electron chi connectivity index (χ4n) is 3.57. The average molecular weight is 294 g/mol. The zero-order chi connectivity index (χ0) is 15.0. The van der Waals surface area contributed by atoms with Gasteiger partial charge in [0.1, 0.15) is 5.76 Å². The molecular formula is C15H22N2O4. The molecule has 1 spiro atoms. The van der Waals surface area contributed by atoms with E-state index in [0.717, 1.165) is 12.8 Å². The first-order valence-electron chi connectivity index (χ1n) is 7.59. The molecule has 0 bridgehead atoms. The van der Waals surface area contributed by atoms with Crippen LogP contribution in [-0.2, 0) is 4.74 Å². The third-order valence-electron chi connectivity index (χ3n) is 4.94. The second kappa shape index (κ2) is 5.42. The molecule has 2 unspecified atom stereocenters. The number of carbonyl (C=O) groups is 1. The normalized spacial score (nSPS) is 27.7. The molecule has 2 fully saturated rings. The molecule has 6 heteroatoms. The van der Waals surface area contributed by atoms with Crippen LogP contribution < -0.4 is 0 Å². The Balaban J connectivity index is 1.63. The summed E-state index contributed by atoms with van der Waals surface area (Å²) in [5.41, 5.74) is 0.200. The molecule has 2 heterocycles. The Bertz CT molecular complexity index is 517. The van der Waals surface area contributed by atoms with Crippen LogP contribution in [0.2, 0.25) is 0 Å². The molecule has 1 aromatic heterocycles. The lowest BCUT2D eigenvalue weighted by molar-refractivity contribution is -0.207. The number of nitrogens with zero attached hydrogens (tertiary/aromatic N) is 2. The highest BCUT2D eigenvalue weighted by molar-refractivity contribution is 5.92. The van der Waals surface area contributed by atoms with Gasteiger partial charge in [0.05, 0.1) is 12.2 Å². The Morgan fingerprint density at radius 2 is 2.29 bits per heavy atom. The molecule has 1 aromatic rings. The predicted octanol–water partition coefficient (Wildman–Crippen LogP) is 1.38. The molecule has 2 aliphatic rings. The van der Waals surface area contributed by atoms with E-state index in [1.54, 1.807) is 17.9 Å². The zero-order valence-electron chi connectivity index (χ0n) is 12.5. The van der Waals surface area contributed by atoms with Crippen molar-refractivity contribution in [3.8, 4) is 0 Å². The highest BCUT2D eigenvalue weighted by Gasteiger charge is 2.56. The standard InChI is InChI=1S/C15H22N2O4/c1-3-20-13-9-12(18)15(13)4-6-17(7-5-15)14(19)11-8-10(2)21-16-11/h8,12-13,18H,3-7,9H2,1-2H3. The van der Waals surface area contributed by atoms with Gasteiger partial charge < -0.3 is 19.3 Å². The third kappa shape index (κ3) is 2.36. The van der Waals surface area contributed by atoms with Gasteiger partial charge in [-0.25, -0.2) is 0 Å². The Hall–Kier alpha value is -1.40. The maximum absolute atomic E-state index is 12.3. The van der Waals surface area contributed by atoms with E-state index in [2.05, 4.69) is 5.16 Å². The van der Waals surface area contributed by atoms with E-state index in [4.69, 9.17) is 9.26 Å². The SMILES string of the molecule is CCOC1CC(O)C12CCN(C(=O)c1cc(C)on1)CC2. The molecule has 21 heavy (non-hydrogen) atoms. The minimum atomic E-state index is -0.305. The maximum atomic E-state index is 12.3. The molecule has 0 aromatic carbocycles. The number of aryl methyl sites for hydroxylation is 1. The predicted molar refractivity (Wildman–Crippen MR) is 74.8 cm³/mol. The summed E-state index contributed by atoms with van der Waals surface area (Å²) >= 11 is 0. The quantitative estimate of drug-likeness (QED) is 0.911. The highest BCUT2D eigenvalue weighted by atomic mass is 16.5. The Morgan fingerprint density at radius 1 is 1.57 bits per heavy atom. The van der Waals surface area contributed by atoms with Crippen LogP contribution in [0.4, 0.5) is 0 Å². The number of hydrogen-bond donors (Lipinski definition) is 1. The van der Waals surface area contributed by atoms with Crippen molar-refractivity contribution < 1.29 is 19.2 Å². The van der Waals surface area contributed by atoms with Gasteiger partial charge in [0.15, 0.2) is 5.69 Å². The minimum Gasteiger partial charge on any atom is -0.392 e. The lowest BCUT2D eigenvalue weighted by Crippen LogP contribution is -2.62. The summed E-state index contributed by atoms with van der Waals surface area (Å²) in [6.07, 6.45) is 2.09. The van der Waals surface area contributed by atoms with Gasteiger partial charge in [-0.2, -0.15) is 0 Å². The monoisotopic (exact) mass is 294 g/mol. The van der Waals surface area contributed by atoms with Gasteiger partial charge in [0, 0.05) is 37.6 Å². The van der Waals surface area contributed by atoms with Crippen LogP contribution in [0, 0.1) is 12.3 Å². The Labute approximate surface area is 124 Å². The Kier molecular flexibility index (Phi) is 3.75. The van der Waals surface area contributed by atoms with Gasteiger partial charge in [-0.3, -0.25) is 4.79 Å². The topological polar surface area (TPSA) is 75.8 Å². The van der Waals surface area contributed by atoms with E-state index < -0.39 is 0 Å². The van der Waals surface area contributed by atoms with Crippen molar-refractivity contribution in [1.82, 2.24) is 10.1 Å². The molecule has 0 radical (unpaired) electrons. The molecule has 1 aliphatic carbocycles. The number of ether oxygens (including phenoxy) is 1. The van der Waals surface area contributed by atoms with Gasteiger partial charge in [0.2, 0.25) is 0 Å². The molecule has 1 saturated heterocycles. The lowest BCUT2D eigenvalue weighted by Gasteiger charge is -2.56. The third-order valence-corrected chi connectivity index (χ3v) is 4.94. The van der Waals surface area contributed by atoms with Gasteiger partial charge in [-0.1, -0.05) is 5.16 Å². The first kappa shape index (κ1) is 14.5. The van der Waals surface area contributed by atoms with Gasteiger partial charge in [0.25, 0.3) is 5.91 Å². The van der Waals surface area contributed by atoms with Crippen molar-refractivity contribution in [1.29, 1.82) is 0 Å².